The molecule has 67 heavy (non-hydrogen) atoms. The number of rotatable bonds is 6. The molecule has 1 amide bonds. The summed E-state index contributed by atoms with van der Waals surface area (Å²) in [4.78, 5) is 41.1. The number of amides is 1. The Bertz CT molecular complexity index is 2450. The van der Waals surface area contributed by atoms with Gasteiger partial charge in [-0.05, 0) is 64.5 Å². The summed E-state index contributed by atoms with van der Waals surface area (Å²) >= 11 is 0. The topological polar surface area (TPSA) is 217 Å². The summed E-state index contributed by atoms with van der Waals surface area (Å²) in [5.74, 6) is -8.01. The summed E-state index contributed by atoms with van der Waals surface area (Å²) < 4.78 is 23.8. The van der Waals surface area contributed by atoms with Gasteiger partial charge in [0.15, 0.2) is 5.75 Å². The summed E-state index contributed by atoms with van der Waals surface area (Å²) in [5, 5.41) is 68.3. The summed E-state index contributed by atoms with van der Waals surface area (Å²) in [6, 6.07) is 10.2. The molecule has 3 aromatic rings. The molecule has 6 N–H and O–H groups in total. The molecule has 1 fully saturated rings. The molecule has 15 nitrogen and oxygen atoms in total. The van der Waals surface area contributed by atoms with Crippen molar-refractivity contribution in [3.8, 4) is 23.0 Å². The van der Waals surface area contributed by atoms with Crippen LogP contribution >= 0.6 is 0 Å². The zero-order chi connectivity index (χ0) is 49.2. The Morgan fingerprint density at radius 1 is 0.910 bits per heavy atom. The lowest BCUT2D eigenvalue weighted by atomic mass is 9.78. The molecule has 1 saturated heterocycles. The summed E-state index contributed by atoms with van der Waals surface area (Å²) in [6.07, 6.45) is 7.51. The van der Waals surface area contributed by atoms with Crippen LogP contribution in [0.5, 0.6) is 23.0 Å². The molecule has 2 unspecified atom stereocenters. The maximum absolute atomic E-state index is 14.6. The zero-order valence-electron chi connectivity index (χ0n) is 40.3. The predicted molar refractivity (Wildman–Crippen MR) is 255 cm³/mol. The minimum atomic E-state index is -2.06. The molecule has 0 saturated carbocycles. The van der Waals surface area contributed by atoms with E-state index in [2.05, 4.69) is 31.3 Å². The maximum atomic E-state index is 14.6. The third kappa shape index (κ3) is 10.2. The first-order valence-electron chi connectivity index (χ1n) is 23.1. The normalized spacial score (nSPS) is 32.6. The third-order valence-corrected chi connectivity index (χ3v) is 14.0. The fourth-order valence-corrected chi connectivity index (χ4v) is 10.1. The molecular formula is C52H67N3O12. The first kappa shape index (κ1) is 50.5. The van der Waals surface area contributed by atoms with Gasteiger partial charge in [-0.1, -0.05) is 76.3 Å². The number of allylic oxidation sites excluding steroid dienone is 2. The van der Waals surface area contributed by atoms with E-state index < -0.39 is 88.8 Å². The van der Waals surface area contributed by atoms with Gasteiger partial charge >= 0.3 is 11.8 Å². The number of hydrogen-bond acceptors (Lipinski definition) is 14. The van der Waals surface area contributed by atoms with Gasteiger partial charge in [0.1, 0.15) is 23.4 Å². The van der Waals surface area contributed by atoms with Crippen molar-refractivity contribution in [2.24, 2.45) is 34.7 Å². The number of aliphatic hydroxyl groups is 2. The Balaban J connectivity index is 1.49. The second kappa shape index (κ2) is 20.5. The smallest absolute Gasteiger partial charge is 0.312 e. The molecule has 0 spiro atoms. The molecule has 0 radical (unpaired) electrons. The number of benzene rings is 3. The van der Waals surface area contributed by atoms with Gasteiger partial charge in [0.2, 0.25) is 0 Å². The average Bonchev–Trinajstić information content (AvgIpc) is 3.55. The lowest BCUT2D eigenvalue weighted by Crippen LogP contribution is -2.46. The molecule has 4 heterocycles. The number of aromatic hydroxyl groups is 3. The number of ketones is 1. The number of phenols is 3. The van der Waals surface area contributed by atoms with Crippen LogP contribution < -0.4 is 10.1 Å². The summed E-state index contributed by atoms with van der Waals surface area (Å²) in [7, 11) is 1.44. The van der Waals surface area contributed by atoms with Crippen LogP contribution in [0, 0.1) is 36.5 Å². The number of anilines is 1. The van der Waals surface area contributed by atoms with Crippen LogP contribution in [0.2, 0.25) is 0 Å². The number of nitrogens with zero attached hydrogens (tertiary/aromatic N) is 2. The van der Waals surface area contributed by atoms with Crippen molar-refractivity contribution >= 4 is 40.3 Å². The first-order valence-corrected chi connectivity index (χ1v) is 23.1. The first-order chi connectivity index (χ1) is 31.6. The quantitative estimate of drug-likeness (QED) is 0.0603. The number of piperidine rings is 1. The van der Waals surface area contributed by atoms with E-state index in [1.165, 1.54) is 65.0 Å². The molecule has 7 rings (SSSR count). The number of phenolic OH excluding ortho intramolecular Hbond substituents is 3. The number of methoxy groups -OCH3 is 1. The van der Waals surface area contributed by atoms with Crippen molar-refractivity contribution in [1.82, 2.24) is 5.01 Å². The highest BCUT2D eigenvalue weighted by Crippen LogP contribution is 2.55. The van der Waals surface area contributed by atoms with E-state index in [1.54, 1.807) is 39.8 Å². The summed E-state index contributed by atoms with van der Waals surface area (Å²) in [5.41, 5.74) is 0.900. The zero-order valence-corrected chi connectivity index (χ0v) is 40.3. The van der Waals surface area contributed by atoms with E-state index >= 15 is 0 Å². The van der Waals surface area contributed by atoms with Gasteiger partial charge in [0, 0.05) is 73.2 Å². The highest BCUT2D eigenvalue weighted by Gasteiger charge is 2.50. The molecule has 15 heteroatoms. The number of carbonyl (C=O) groups excluding carboxylic acids is 3. The highest BCUT2D eigenvalue weighted by atomic mass is 16.7. The SMILES string of the molecule is CO[C@H]1/C=C/O[C@@]2(C)Oc3c(C)c(O)c4c(O)c(c(/C=N\N5C(C)CC(Cc6ccccc6)CC5C)c(O)c4c3C2=O)NC(=O)/C(C)=C\C=C\[C@H](C)[C@H](O)[C@@H](C)[C@@H](O)[C@@H](C)[C@H](OC(C)=O)[C@@H]1C. The van der Waals surface area contributed by atoms with Gasteiger partial charge in [-0.3, -0.25) is 19.4 Å². The lowest BCUT2D eigenvalue weighted by Gasteiger charge is -2.41. The number of hydrazone groups is 1. The van der Waals surface area contributed by atoms with E-state index in [-0.39, 0.29) is 56.6 Å². The molecule has 362 valence electrons. The molecule has 4 aliphatic heterocycles. The van der Waals surface area contributed by atoms with Crippen LogP contribution in [0.3, 0.4) is 0 Å². The number of esters is 1. The van der Waals surface area contributed by atoms with Gasteiger partial charge in [-0.15, -0.1) is 0 Å². The fourth-order valence-electron chi connectivity index (χ4n) is 10.1. The Hall–Kier alpha value is -5.90. The van der Waals surface area contributed by atoms with Gasteiger partial charge in [0.05, 0.1) is 53.0 Å². The monoisotopic (exact) mass is 925 g/mol. The maximum Gasteiger partial charge on any atom is 0.312 e. The van der Waals surface area contributed by atoms with Crippen molar-refractivity contribution in [3.63, 3.8) is 0 Å². The molecular weight excluding hydrogens is 859 g/mol. The van der Waals surface area contributed by atoms with Crippen LogP contribution in [-0.4, -0.2) is 104 Å². The number of fused-ring (bicyclic) bond motifs is 14. The number of carbonyl (C=O) groups is 3. The van der Waals surface area contributed by atoms with Gasteiger partial charge in [0.25, 0.3) is 11.7 Å². The number of Topliss-reactive ketones (excluding diaryl/α,β-unsaturated/α-hetero) is 1. The van der Waals surface area contributed by atoms with E-state index in [0.717, 1.165) is 19.3 Å². The van der Waals surface area contributed by atoms with Gasteiger partial charge in [-0.2, -0.15) is 5.10 Å². The second-order valence-corrected chi connectivity index (χ2v) is 19.0. The Kier molecular flexibility index (Phi) is 15.5. The molecule has 0 aliphatic carbocycles. The molecule has 4 aliphatic rings. The van der Waals surface area contributed by atoms with E-state index in [9.17, 15) is 39.9 Å². The van der Waals surface area contributed by atoms with Crippen molar-refractivity contribution in [1.29, 1.82) is 0 Å². The van der Waals surface area contributed by atoms with E-state index in [1.807, 2.05) is 23.2 Å². The fraction of sp³-hybridized carbons (Fsp3) is 0.500. The Morgan fingerprint density at radius 2 is 1.57 bits per heavy atom. The van der Waals surface area contributed by atoms with Crippen LogP contribution in [0.15, 0.2) is 71.6 Å². The minimum Gasteiger partial charge on any atom is -0.507 e. The number of hydrogen-bond donors (Lipinski definition) is 6. The number of ether oxygens (including phenoxy) is 4. The molecule has 11 atom stereocenters. The Labute approximate surface area is 392 Å². The number of nitrogens with one attached hydrogen (secondary N) is 1. The van der Waals surface area contributed by atoms with Crippen LogP contribution in [0.25, 0.3) is 10.8 Å². The number of aliphatic hydroxyl groups excluding tert-OH is 2. The van der Waals surface area contributed by atoms with Crippen LogP contribution in [-0.2, 0) is 30.2 Å². The molecule has 3 aromatic carbocycles. The largest absolute Gasteiger partial charge is 0.507 e. The minimum absolute atomic E-state index is 0.0328. The summed E-state index contributed by atoms with van der Waals surface area (Å²) in [6.45, 7) is 16.7. The van der Waals surface area contributed by atoms with Gasteiger partial charge in [-0.25, -0.2) is 0 Å². The average molecular weight is 926 g/mol. The van der Waals surface area contributed by atoms with E-state index in [4.69, 9.17) is 24.0 Å². The van der Waals surface area contributed by atoms with Crippen molar-refractivity contribution < 1.29 is 58.9 Å². The second-order valence-electron chi connectivity index (χ2n) is 19.0. The molecule has 0 aromatic heterocycles. The predicted octanol–water partition coefficient (Wildman–Crippen LogP) is 7.82. The van der Waals surface area contributed by atoms with Crippen LogP contribution in [0.1, 0.15) is 102 Å². The molecule has 5 bridgehead atoms. The highest BCUT2D eigenvalue weighted by molar-refractivity contribution is 6.23. The van der Waals surface area contributed by atoms with Gasteiger partial charge < -0.3 is 49.8 Å². The van der Waals surface area contributed by atoms with Crippen molar-refractivity contribution in [2.75, 3.05) is 12.4 Å². The Morgan fingerprint density at radius 3 is 2.19 bits per heavy atom. The standard InChI is InChI=1S/C52H67N3O12/c1-26-16-15-17-27(2)51(63)54-42-37(25-53-55-28(3)22-36(23-29(55)4)24-35-18-13-12-14-19-35)46(60)39-40(47(42)61)45(59)33(8)49-41(39)50(62)52(10,67-49)65-21-20-38(64-11)30(5)48(66-34(9)56)32(7)44(58)31(6)43(26)57/h12-21,25-26,28-32,36,38,43-44,48,57-61H,22-24H2,1-11H3,(H,54,63)/b16-15+,21-20+,27-17-,53-25-/t26-,28?,29?,30+,31+,32+,36?,38-,43-,44+,48+,52-/m0/s1. The van der Waals surface area contributed by atoms with E-state index in [0.29, 0.717) is 5.92 Å². The van der Waals surface area contributed by atoms with Crippen LogP contribution in [0.4, 0.5) is 5.69 Å². The lowest BCUT2D eigenvalue weighted by molar-refractivity contribution is -0.160. The third-order valence-electron chi connectivity index (χ3n) is 14.0. The van der Waals surface area contributed by atoms with Crippen molar-refractivity contribution in [2.45, 2.75) is 131 Å². The van der Waals surface area contributed by atoms with Crippen molar-refractivity contribution in [3.05, 3.63) is 88.7 Å².